The summed E-state index contributed by atoms with van der Waals surface area (Å²) in [5, 5.41) is 0. The number of rotatable bonds is 8. The Kier molecular flexibility index (Phi) is 7.33. The average Bonchev–Trinajstić information content (AvgIpc) is 3.19. The van der Waals surface area contributed by atoms with E-state index in [9.17, 15) is 8.42 Å². The van der Waals surface area contributed by atoms with E-state index in [4.69, 9.17) is 9.47 Å². The molecule has 1 aliphatic heterocycles. The van der Waals surface area contributed by atoms with Crippen molar-refractivity contribution < 1.29 is 17.9 Å². The number of nitrogens with one attached hydrogen (secondary N) is 1. The second-order valence-electron chi connectivity index (χ2n) is 8.80. The molecular weight excluding hydrogens is 426 g/mol. The van der Waals surface area contributed by atoms with Gasteiger partial charge in [0.05, 0.1) is 32.1 Å². The Bertz CT molecular complexity index is 978. The number of hydrogen-bond acceptors (Lipinski definition) is 6. The summed E-state index contributed by atoms with van der Waals surface area (Å²) in [5.41, 5.74) is 1.41. The fraction of sp³-hybridized carbons (Fsp3) is 0.542. The maximum atomic E-state index is 11.9. The quantitative estimate of drug-likeness (QED) is 0.652. The van der Waals surface area contributed by atoms with Crippen molar-refractivity contribution in [3.05, 3.63) is 54.1 Å². The first-order valence-electron chi connectivity index (χ1n) is 11.3. The molecule has 1 aromatic carbocycles. The predicted octanol–water partition coefficient (Wildman–Crippen LogP) is 3.33. The van der Waals surface area contributed by atoms with Gasteiger partial charge in [0, 0.05) is 18.7 Å². The average molecular weight is 460 g/mol. The Balaban J connectivity index is 1.41. The number of hydrogen-bond donors (Lipinski definition) is 1. The van der Waals surface area contributed by atoms with E-state index < -0.39 is 10.0 Å². The van der Waals surface area contributed by atoms with Crippen molar-refractivity contribution in [3.8, 4) is 5.88 Å². The van der Waals surface area contributed by atoms with Crippen molar-refractivity contribution in [2.24, 2.45) is 0 Å². The smallest absolute Gasteiger partial charge is 0.214 e. The summed E-state index contributed by atoms with van der Waals surface area (Å²) >= 11 is 0. The number of nitrogens with zero attached hydrogens (tertiary/aromatic N) is 2. The maximum Gasteiger partial charge on any atom is 0.214 e. The zero-order valence-corrected chi connectivity index (χ0v) is 19.6. The van der Waals surface area contributed by atoms with E-state index in [1.165, 1.54) is 11.8 Å². The molecule has 1 saturated heterocycles. The summed E-state index contributed by atoms with van der Waals surface area (Å²) in [6, 6.07) is 16.0. The summed E-state index contributed by atoms with van der Waals surface area (Å²) in [5.74, 6) is 1.92. The Morgan fingerprint density at radius 2 is 1.78 bits per heavy atom. The number of anilines is 1. The summed E-state index contributed by atoms with van der Waals surface area (Å²) in [4.78, 5) is 6.70. The number of aromatic nitrogens is 1. The lowest BCUT2D eigenvalue weighted by Gasteiger charge is -2.33. The third-order valence-corrected chi connectivity index (χ3v) is 7.30. The molecule has 2 heterocycles. The standard InChI is InChI=1S/C24H33N3O4S/c1-30-24-10-6-9-23(25-24)27-16-15-21(26-32(2,28)29)22(27)17-31-20-13-11-19(12-14-20)18-7-4-3-5-8-18/h3-10,19-22,26H,11-17H2,1-2H3/t19?,20?,21-,22-/m0/s1. The van der Waals surface area contributed by atoms with Crippen molar-refractivity contribution in [1.29, 1.82) is 0 Å². The number of ether oxygens (including phenoxy) is 2. The Labute approximate surface area is 191 Å². The van der Waals surface area contributed by atoms with Gasteiger partial charge in [0.2, 0.25) is 15.9 Å². The van der Waals surface area contributed by atoms with Gasteiger partial charge < -0.3 is 14.4 Å². The van der Waals surface area contributed by atoms with Crippen LogP contribution >= 0.6 is 0 Å². The molecule has 0 amide bonds. The lowest BCUT2D eigenvalue weighted by atomic mass is 9.83. The zero-order valence-electron chi connectivity index (χ0n) is 18.8. The molecule has 8 heteroatoms. The molecule has 0 bridgehead atoms. The number of benzene rings is 1. The van der Waals surface area contributed by atoms with Crippen LogP contribution in [0.1, 0.15) is 43.6 Å². The second kappa shape index (κ2) is 10.2. The molecule has 1 saturated carbocycles. The molecule has 2 atom stereocenters. The molecular formula is C24H33N3O4S. The highest BCUT2D eigenvalue weighted by Gasteiger charge is 2.37. The van der Waals surface area contributed by atoms with Gasteiger partial charge in [0.15, 0.2) is 0 Å². The molecule has 0 spiro atoms. The number of sulfonamides is 1. The van der Waals surface area contributed by atoms with E-state index >= 15 is 0 Å². The largest absolute Gasteiger partial charge is 0.481 e. The number of pyridine rings is 1. The molecule has 174 valence electrons. The first kappa shape index (κ1) is 23.0. The molecule has 2 aliphatic rings. The summed E-state index contributed by atoms with van der Waals surface area (Å²) in [6.07, 6.45) is 6.40. The Morgan fingerprint density at radius 3 is 2.47 bits per heavy atom. The van der Waals surface area contributed by atoms with Crippen LogP contribution < -0.4 is 14.4 Å². The first-order chi connectivity index (χ1) is 15.4. The third-order valence-electron chi connectivity index (χ3n) is 6.57. The molecule has 0 unspecified atom stereocenters. The normalized spacial score (nSPS) is 26.2. The molecule has 32 heavy (non-hydrogen) atoms. The zero-order chi connectivity index (χ0) is 22.6. The maximum absolute atomic E-state index is 11.9. The van der Waals surface area contributed by atoms with Crippen LogP contribution in [0.2, 0.25) is 0 Å². The van der Waals surface area contributed by atoms with Gasteiger partial charge >= 0.3 is 0 Å². The van der Waals surface area contributed by atoms with Crippen LogP contribution in [0.4, 0.5) is 5.82 Å². The van der Waals surface area contributed by atoms with Gasteiger partial charge in [-0.2, -0.15) is 4.98 Å². The highest BCUT2D eigenvalue weighted by atomic mass is 32.2. The third kappa shape index (κ3) is 5.79. The van der Waals surface area contributed by atoms with Gasteiger partial charge in [-0.3, -0.25) is 0 Å². The molecule has 4 rings (SSSR count). The van der Waals surface area contributed by atoms with Gasteiger partial charge in [-0.15, -0.1) is 0 Å². The van der Waals surface area contributed by atoms with Crippen molar-refractivity contribution in [2.45, 2.75) is 56.2 Å². The highest BCUT2D eigenvalue weighted by Crippen LogP contribution is 2.34. The predicted molar refractivity (Wildman–Crippen MR) is 126 cm³/mol. The lowest BCUT2D eigenvalue weighted by molar-refractivity contribution is 0.0156. The van der Waals surface area contributed by atoms with E-state index in [2.05, 4.69) is 44.9 Å². The van der Waals surface area contributed by atoms with Gasteiger partial charge in [-0.25, -0.2) is 13.1 Å². The van der Waals surface area contributed by atoms with Gasteiger partial charge in [-0.05, 0) is 49.7 Å². The molecule has 1 N–H and O–H groups in total. The van der Waals surface area contributed by atoms with Crippen LogP contribution in [0.15, 0.2) is 48.5 Å². The summed E-state index contributed by atoms with van der Waals surface area (Å²) in [7, 11) is -1.72. The second-order valence-corrected chi connectivity index (χ2v) is 10.6. The molecule has 2 aromatic rings. The molecule has 2 fully saturated rings. The fourth-order valence-electron chi connectivity index (χ4n) is 4.96. The Morgan fingerprint density at radius 1 is 1.03 bits per heavy atom. The van der Waals surface area contributed by atoms with E-state index in [-0.39, 0.29) is 18.2 Å². The summed E-state index contributed by atoms with van der Waals surface area (Å²) < 4.78 is 38.3. The minimum atomic E-state index is -3.32. The molecule has 1 aromatic heterocycles. The van der Waals surface area contributed by atoms with Crippen LogP contribution in [0.25, 0.3) is 0 Å². The SMILES string of the molecule is COc1cccc(N2CC[C@H](NS(C)(=O)=O)[C@@H]2COC2CCC(c3ccccc3)CC2)n1. The minimum absolute atomic E-state index is 0.115. The van der Waals surface area contributed by atoms with Crippen LogP contribution in [0, 0.1) is 0 Å². The minimum Gasteiger partial charge on any atom is -0.481 e. The van der Waals surface area contributed by atoms with Crippen molar-refractivity contribution >= 4 is 15.8 Å². The highest BCUT2D eigenvalue weighted by molar-refractivity contribution is 7.88. The van der Waals surface area contributed by atoms with Gasteiger partial charge in [0.25, 0.3) is 0 Å². The summed E-state index contributed by atoms with van der Waals surface area (Å²) in [6.45, 7) is 1.18. The van der Waals surface area contributed by atoms with Gasteiger partial charge in [-0.1, -0.05) is 36.4 Å². The van der Waals surface area contributed by atoms with Crippen LogP contribution in [0.5, 0.6) is 5.88 Å². The van der Waals surface area contributed by atoms with E-state index in [1.54, 1.807) is 7.11 Å². The molecule has 1 aliphatic carbocycles. The monoisotopic (exact) mass is 459 g/mol. The topological polar surface area (TPSA) is 80.8 Å². The fourth-order valence-corrected chi connectivity index (χ4v) is 5.78. The van der Waals surface area contributed by atoms with E-state index in [1.807, 2.05) is 18.2 Å². The van der Waals surface area contributed by atoms with E-state index in [0.29, 0.717) is 31.4 Å². The van der Waals surface area contributed by atoms with Crippen LogP contribution in [0.3, 0.4) is 0 Å². The number of methoxy groups -OCH3 is 1. The molecule has 0 radical (unpaired) electrons. The Hall–Kier alpha value is -2.16. The first-order valence-corrected chi connectivity index (χ1v) is 13.2. The van der Waals surface area contributed by atoms with Crippen molar-refractivity contribution in [3.63, 3.8) is 0 Å². The lowest BCUT2D eigenvalue weighted by Crippen LogP contribution is -2.48. The van der Waals surface area contributed by atoms with Crippen molar-refractivity contribution in [2.75, 3.05) is 31.4 Å². The van der Waals surface area contributed by atoms with Crippen LogP contribution in [-0.4, -0.2) is 58.1 Å². The van der Waals surface area contributed by atoms with Crippen LogP contribution in [-0.2, 0) is 14.8 Å². The van der Waals surface area contributed by atoms with Gasteiger partial charge in [0.1, 0.15) is 5.82 Å². The van der Waals surface area contributed by atoms with E-state index in [0.717, 1.165) is 31.5 Å². The molecule has 7 nitrogen and oxygen atoms in total. The van der Waals surface area contributed by atoms with Crippen molar-refractivity contribution in [1.82, 2.24) is 9.71 Å².